The van der Waals surface area contributed by atoms with Crippen LogP contribution in [0.15, 0.2) is 39.9 Å². The van der Waals surface area contributed by atoms with E-state index in [1.54, 1.807) is 12.1 Å². The maximum atomic E-state index is 12.7. The van der Waals surface area contributed by atoms with Crippen LogP contribution >= 0.6 is 11.8 Å². The van der Waals surface area contributed by atoms with Gasteiger partial charge in [-0.3, -0.25) is 10.2 Å². The average molecular weight is 338 g/mol. The summed E-state index contributed by atoms with van der Waals surface area (Å²) in [6.07, 6.45) is -3.23. The van der Waals surface area contributed by atoms with E-state index in [0.29, 0.717) is 5.56 Å². The number of aryl methyl sites for hydroxylation is 1. The number of amidine groups is 2. The number of thioether (sulfide) groups is 1. The number of nitrogens with one attached hydrogen (secondary N) is 1. The van der Waals surface area contributed by atoms with E-state index in [9.17, 15) is 18.0 Å². The van der Waals surface area contributed by atoms with Gasteiger partial charge in [-0.2, -0.15) is 28.3 Å². The average Bonchev–Trinajstić information content (AvgIpc) is 2.89. The van der Waals surface area contributed by atoms with Gasteiger partial charge in [0.15, 0.2) is 5.84 Å². The van der Waals surface area contributed by atoms with Crippen molar-refractivity contribution in [1.82, 2.24) is 5.01 Å². The Bertz CT molecular complexity index is 793. The zero-order valence-electron chi connectivity index (χ0n) is 11.7. The number of hydrogen-bond donors (Lipinski definition) is 1. The molecule has 0 saturated carbocycles. The molecule has 23 heavy (non-hydrogen) atoms. The molecule has 0 unspecified atom stereocenters. The van der Waals surface area contributed by atoms with Gasteiger partial charge in [-0.15, -0.1) is 0 Å². The minimum Gasteiger partial charge on any atom is -0.282 e. The van der Waals surface area contributed by atoms with Crippen molar-refractivity contribution < 1.29 is 18.0 Å². The molecule has 2 aliphatic rings. The normalized spacial score (nSPS) is 19.8. The first kappa shape index (κ1) is 15.5. The largest absolute Gasteiger partial charge is 0.441 e. The van der Waals surface area contributed by atoms with Crippen LogP contribution in [0.25, 0.3) is 6.08 Å². The van der Waals surface area contributed by atoms with E-state index in [4.69, 9.17) is 5.41 Å². The third-order valence-electron chi connectivity index (χ3n) is 3.09. The summed E-state index contributed by atoms with van der Waals surface area (Å²) < 4.78 is 38.1. The van der Waals surface area contributed by atoms with Crippen molar-refractivity contribution in [2.24, 2.45) is 10.1 Å². The summed E-state index contributed by atoms with van der Waals surface area (Å²) in [6.45, 7) is 1.90. The van der Waals surface area contributed by atoms with Crippen molar-refractivity contribution in [1.29, 1.82) is 5.41 Å². The summed E-state index contributed by atoms with van der Waals surface area (Å²) in [5.74, 6) is -1.18. The van der Waals surface area contributed by atoms with E-state index in [0.717, 1.165) is 10.6 Å². The fourth-order valence-corrected chi connectivity index (χ4v) is 2.69. The number of hydrogen-bond acceptors (Lipinski definition) is 4. The molecule has 1 amide bonds. The molecule has 0 radical (unpaired) electrons. The number of hydrazone groups is 1. The van der Waals surface area contributed by atoms with Gasteiger partial charge in [-0.25, -0.2) is 0 Å². The van der Waals surface area contributed by atoms with Crippen LogP contribution in [-0.2, 0) is 4.79 Å². The molecular weight excluding hydrogens is 329 g/mol. The fraction of sp³-hybridized carbons (Fsp3) is 0.143. The van der Waals surface area contributed by atoms with Gasteiger partial charge in [-0.05, 0) is 30.3 Å². The number of carbonyl (C=O) groups excluding carboxylic acids is 1. The minimum atomic E-state index is -4.64. The number of carbonyl (C=O) groups is 1. The molecule has 1 aromatic rings. The van der Waals surface area contributed by atoms with E-state index in [2.05, 4.69) is 10.1 Å². The number of benzene rings is 1. The SMILES string of the molecule is Cc1ccc(/C=C2/C(=N)N3N=C(C(F)(F)F)SC3=NC2=O)cc1. The van der Waals surface area contributed by atoms with Gasteiger partial charge in [0.25, 0.3) is 5.91 Å². The van der Waals surface area contributed by atoms with Crippen LogP contribution in [-0.4, -0.2) is 33.1 Å². The summed E-state index contributed by atoms with van der Waals surface area (Å²) >= 11 is 0.231. The van der Waals surface area contributed by atoms with Crippen LogP contribution in [0.4, 0.5) is 13.2 Å². The van der Waals surface area contributed by atoms with E-state index in [1.807, 2.05) is 19.1 Å². The quantitative estimate of drug-likeness (QED) is 0.800. The van der Waals surface area contributed by atoms with E-state index in [-0.39, 0.29) is 22.5 Å². The Morgan fingerprint density at radius 1 is 1.26 bits per heavy atom. The molecule has 2 heterocycles. The van der Waals surface area contributed by atoms with Crippen LogP contribution in [0.3, 0.4) is 0 Å². The molecule has 1 N–H and O–H groups in total. The molecule has 0 bridgehead atoms. The summed E-state index contributed by atoms with van der Waals surface area (Å²) in [4.78, 5) is 15.6. The van der Waals surface area contributed by atoms with Gasteiger partial charge < -0.3 is 0 Å². The van der Waals surface area contributed by atoms with Crippen LogP contribution in [0.5, 0.6) is 0 Å². The van der Waals surface area contributed by atoms with Crippen LogP contribution < -0.4 is 0 Å². The summed E-state index contributed by atoms with van der Waals surface area (Å²) in [7, 11) is 0. The first-order valence-corrected chi connectivity index (χ1v) is 7.21. The zero-order chi connectivity index (χ0) is 16.8. The lowest BCUT2D eigenvalue weighted by Crippen LogP contribution is -2.35. The highest BCUT2D eigenvalue weighted by molar-refractivity contribution is 8.27. The second kappa shape index (κ2) is 5.34. The molecular formula is C14H9F3N4OS. The molecule has 3 rings (SSSR count). The standard InChI is InChI=1S/C14H9F3N4OS/c1-7-2-4-8(5-3-7)6-9-10(18)21-13(19-11(9)22)23-12(20-21)14(15,16)17/h2-6,18H,1H3/b9-6-,18-10?. The van der Waals surface area contributed by atoms with E-state index < -0.39 is 23.0 Å². The van der Waals surface area contributed by atoms with Crippen LogP contribution in [0.2, 0.25) is 0 Å². The molecule has 0 spiro atoms. The number of rotatable bonds is 1. The highest BCUT2D eigenvalue weighted by atomic mass is 32.2. The molecule has 1 aromatic carbocycles. The maximum Gasteiger partial charge on any atom is 0.441 e. The predicted octanol–water partition coefficient (Wildman–Crippen LogP) is 3.18. The lowest BCUT2D eigenvalue weighted by atomic mass is 10.1. The fourth-order valence-electron chi connectivity index (χ4n) is 1.94. The third kappa shape index (κ3) is 2.91. The number of aliphatic imine (C=N–C) groups is 1. The first-order chi connectivity index (χ1) is 10.8. The van der Waals surface area contributed by atoms with Crippen molar-refractivity contribution in [3.8, 4) is 0 Å². The number of fused-ring (bicyclic) bond motifs is 1. The maximum absolute atomic E-state index is 12.7. The van der Waals surface area contributed by atoms with Gasteiger partial charge in [0.1, 0.15) is 0 Å². The molecule has 0 aliphatic carbocycles. The smallest absolute Gasteiger partial charge is 0.282 e. The predicted molar refractivity (Wildman–Crippen MR) is 82.2 cm³/mol. The minimum absolute atomic E-state index is 0.106. The van der Waals surface area contributed by atoms with E-state index >= 15 is 0 Å². The van der Waals surface area contributed by atoms with Gasteiger partial charge >= 0.3 is 6.18 Å². The topological polar surface area (TPSA) is 68.9 Å². The van der Waals surface area contributed by atoms with Gasteiger partial charge in [0, 0.05) is 0 Å². The number of amides is 1. The van der Waals surface area contributed by atoms with E-state index in [1.165, 1.54) is 6.08 Å². The Kier molecular flexibility index (Phi) is 3.59. The Labute approximate surface area is 133 Å². The van der Waals surface area contributed by atoms with Crippen molar-refractivity contribution >= 4 is 39.8 Å². The number of alkyl halides is 3. The lowest BCUT2D eigenvalue weighted by molar-refractivity contribution is -0.114. The molecule has 0 saturated heterocycles. The van der Waals surface area contributed by atoms with Crippen molar-refractivity contribution in [3.63, 3.8) is 0 Å². The van der Waals surface area contributed by atoms with Crippen LogP contribution in [0, 0.1) is 12.3 Å². The molecule has 5 nitrogen and oxygen atoms in total. The summed E-state index contributed by atoms with van der Waals surface area (Å²) in [5.41, 5.74) is 1.56. The molecule has 2 aliphatic heterocycles. The number of nitrogens with zero attached hydrogens (tertiary/aromatic N) is 3. The van der Waals surface area contributed by atoms with Gasteiger partial charge in [-0.1, -0.05) is 29.8 Å². The second-order valence-electron chi connectivity index (χ2n) is 4.83. The Morgan fingerprint density at radius 2 is 1.91 bits per heavy atom. The summed E-state index contributed by atoms with van der Waals surface area (Å²) in [6, 6.07) is 7.13. The van der Waals surface area contributed by atoms with Gasteiger partial charge in [0.2, 0.25) is 10.2 Å². The molecule has 0 aromatic heterocycles. The van der Waals surface area contributed by atoms with Crippen molar-refractivity contribution in [2.45, 2.75) is 13.1 Å². The first-order valence-electron chi connectivity index (χ1n) is 6.40. The highest BCUT2D eigenvalue weighted by Gasteiger charge is 2.46. The van der Waals surface area contributed by atoms with Crippen LogP contribution in [0.1, 0.15) is 11.1 Å². The Hall–Kier alpha value is -2.42. The molecule has 0 atom stereocenters. The monoisotopic (exact) mass is 338 g/mol. The Balaban J connectivity index is 1.97. The second-order valence-corrected chi connectivity index (χ2v) is 5.79. The number of halogens is 3. The lowest BCUT2D eigenvalue weighted by Gasteiger charge is -2.20. The van der Waals surface area contributed by atoms with Crippen molar-refractivity contribution in [3.05, 3.63) is 41.0 Å². The third-order valence-corrected chi connectivity index (χ3v) is 4.04. The molecule has 9 heteroatoms. The Morgan fingerprint density at radius 3 is 2.52 bits per heavy atom. The molecule has 0 fully saturated rings. The van der Waals surface area contributed by atoms with Gasteiger partial charge in [0.05, 0.1) is 5.57 Å². The zero-order valence-corrected chi connectivity index (χ0v) is 12.5. The highest BCUT2D eigenvalue weighted by Crippen LogP contribution is 2.35. The summed E-state index contributed by atoms with van der Waals surface area (Å²) in [5, 5.41) is 10.6. The van der Waals surface area contributed by atoms with Crippen molar-refractivity contribution in [2.75, 3.05) is 0 Å². The molecule has 118 valence electrons.